The van der Waals surface area contributed by atoms with Crippen LogP contribution >= 0.6 is 0 Å². The number of carbonyl (C=O) groups is 6. The van der Waals surface area contributed by atoms with Crippen LogP contribution in [0.5, 0.6) is 0 Å². The predicted molar refractivity (Wildman–Crippen MR) is 91.4 cm³/mol. The second-order valence-electron chi connectivity index (χ2n) is 4.96. The van der Waals surface area contributed by atoms with Gasteiger partial charge in [-0.05, 0) is 0 Å². The Kier molecular flexibility index (Phi) is 25.0. The van der Waals surface area contributed by atoms with Gasteiger partial charge in [-0.15, -0.1) is 0 Å². The minimum Gasteiger partial charge on any atom is -0.481 e. The van der Waals surface area contributed by atoms with Gasteiger partial charge in [0.25, 0.3) is 0 Å². The fraction of sp³-hybridized carbons (Fsp3) is 0.500. The van der Waals surface area contributed by atoms with Crippen molar-refractivity contribution < 1.29 is 69.6 Å². The second kappa shape index (κ2) is 18.1. The maximum Gasteiger partial charge on any atom is 2.00 e. The van der Waals surface area contributed by atoms with E-state index in [-0.39, 0.29) is 113 Å². The molecule has 0 aliphatic carbocycles. The monoisotopic (exact) mass is 504 g/mol. The minimum atomic E-state index is -2.74. The molecule has 0 atom stereocenters. The molecule has 0 aromatic heterocycles. The minimum absolute atomic E-state index is 0. The van der Waals surface area contributed by atoms with Crippen LogP contribution < -0.4 is 0 Å². The van der Waals surface area contributed by atoms with Gasteiger partial charge in [0.2, 0.25) is 0 Å². The summed E-state index contributed by atoms with van der Waals surface area (Å²) in [6.45, 7) is 0. The number of aliphatic carboxylic acids is 6. The van der Waals surface area contributed by atoms with Crippen LogP contribution in [0.2, 0.25) is 0 Å². The third-order valence-electron chi connectivity index (χ3n) is 2.57. The molecule has 0 rings (SSSR count). The van der Waals surface area contributed by atoms with Crippen LogP contribution in [0.3, 0.4) is 0 Å². The molecule has 0 heterocycles. The van der Waals surface area contributed by atoms with Gasteiger partial charge in [0.15, 0.2) is 11.2 Å². The number of hydrogen-bond acceptors (Lipinski definition) is 8. The first-order chi connectivity index (χ1) is 11.6. The largest absolute Gasteiger partial charge is 2.00 e. The zero-order valence-electron chi connectivity index (χ0n) is 15.0. The van der Waals surface area contributed by atoms with E-state index in [9.17, 15) is 28.8 Å². The van der Waals surface area contributed by atoms with Crippen LogP contribution in [0.4, 0.5) is 0 Å². The summed E-state index contributed by atoms with van der Waals surface area (Å²) in [7, 11) is 0. The summed E-state index contributed by atoms with van der Waals surface area (Å²) in [6.07, 6.45) is -4.58. The number of hydrogen-bond donors (Lipinski definition) is 8. The molecule has 0 amide bonds. The van der Waals surface area contributed by atoms with Gasteiger partial charge in [-0.25, -0.2) is 9.59 Å². The number of carboxylic acid groups (broad SMARTS) is 6. The first kappa shape index (κ1) is 39.9. The fourth-order valence-corrected chi connectivity index (χ4v) is 1.43. The summed E-state index contributed by atoms with van der Waals surface area (Å²) in [5, 5.41) is 67.6. The van der Waals surface area contributed by atoms with Crippen LogP contribution in [0.25, 0.3) is 0 Å². The molecule has 0 fully saturated rings. The Balaban J connectivity index is -0.000000120. The Labute approximate surface area is 251 Å². The van der Waals surface area contributed by atoms with Crippen LogP contribution in [0.15, 0.2) is 0 Å². The summed E-state index contributed by atoms with van der Waals surface area (Å²) in [4.78, 5) is 61.0. The van der Waals surface area contributed by atoms with Crippen molar-refractivity contribution in [3.8, 4) is 0 Å². The Hall–Kier alpha value is 0.519. The van der Waals surface area contributed by atoms with E-state index in [1.165, 1.54) is 0 Å². The standard InChI is InChI=1S/2C6H8O7.3Ca/c2*7-3(8)1-6(13,5(11)12)2-4(9)10;;;/h2*13H,1-2H2,(H,7,8)(H,9,10)(H,11,12);;;/q;;3*+2. The Morgan fingerprint density at radius 2 is 0.586 bits per heavy atom. The van der Waals surface area contributed by atoms with Gasteiger partial charge in [-0.2, -0.15) is 0 Å². The van der Waals surface area contributed by atoms with Crippen LogP contribution in [0.1, 0.15) is 25.7 Å². The fourth-order valence-electron chi connectivity index (χ4n) is 1.43. The van der Waals surface area contributed by atoms with Crippen molar-refractivity contribution in [2.75, 3.05) is 0 Å². The van der Waals surface area contributed by atoms with Gasteiger partial charge in [0, 0.05) is 0 Å². The molecule has 148 valence electrons. The predicted octanol–water partition coefficient (Wildman–Crippen LogP) is -3.64. The molecule has 0 saturated heterocycles. The van der Waals surface area contributed by atoms with Crippen LogP contribution in [0, 0.1) is 0 Å². The molecule has 0 aromatic carbocycles. The van der Waals surface area contributed by atoms with Gasteiger partial charge in [0.05, 0.1) is 25.7 Å². The quantitative estimate of drug-likeness (QED) is 0.133. The Bertz CT molecular complexity index is 521. The maximum atomic E-state index is 10.3. The van der Waals surface area contributed by atoms with Gasteiger partial charge < -0.3 is 40.9 Å². The zero-order chi connectivity index (χ0) is 21.3. The first-order valence-corrected chi connectivity index (χ1v) is 6.34. The summed E-state index contributed by atoms with van der Waals surface area (Å²) in [6, 6.07) is 0. The van der Waals surface area contributed by atoms with Crippen LogP contribution in [-0.2, 0) is 28.8 Å². The average molecular weight is 504 g/mol. The molecule has 0 radical (unpaired) electrons. The van der Waals surface area contributed by atoms with Crippen molar-refractivity contribution >= 4 is 149 Å². The normalized spacial score (nSPS) is 9.72. The van der Waals surface area contributed by atoms with E-state index in [0.717, 1.165) is 0 Å². The average Bonchev–Trinajstić information content (AvgIpc) is 2.34. The molecule has 17 heteroatoms. The van der Waals surface area contributed by atoms with Crippen molar-refractivity contribution in [1.82, 2.24) is 0 Å². The smallest absolute Gasteiger partial charge is 0.481 e. The molecule has 0 aliphatic heterocycles. The molecule has 0 aromatic rings. The number of carboxylic acids is 6. The van der Waals surface area contributed by atoms with E-state index in [1.54, 1.807) is 0 Å². The second-order valence-corrected chi connectivity index (χ2v) is 4.96. The van der Waals surface area contributed by atoms with E-state index in [2.05, 4.69) is 0 Å². The van der Waals surface area contributed by atoms with Gasteiger partial charge >= 0.3 is 149 Å². The van der Waals surface area contributed by atoms with Crippen molar-refractivity contribution in [1.29, 1.82) is 0 Å². The first-order valence-electron chi connectivity index (χ1n) is 6.34. The van der Waals surface area contributed by atoms with Gasteiger partial charge in [-0.1, -0.05) is 0 Å². The van der Waals surface area contributed by atoms with E-state index in [0.29, 0.717) is 0 Å². The summed E-state index contributed by atoms with van der Waals surface area (Å²) in [5.41, 5.74) is -5.48. The summed E-state index contributed by atoms with van der Waals surface area (Å²) in [5.74, 6) is -10.0. The molecule has 0 spiro atoms. The third-order valence-corrected chi connectivity index (χ3v) is 2.57. The van der Waals surface area contributed by atoms with E-state index in [4.69, 9.17) is 40.9 Å². The zero-order valence-corrected chi connectivity index (χ0v) is 21.6. The number of aliphatic hydroxyl groups is 2. The molecular weight excluding hydrogens is 488 g/mol. The molecule has 0 saturated carbocycles. The van der Waals surface area contributed by atoms with Crippen LogP contribution in [-0.4, -0.2) is 201 Å². The Morgan fingerprint density at radius 1 is 0.448 bits per heavy atom. The van der Waals surface area contributed by atoms with Gasteiger partial charge in [0.1, 0.15) is 0 Å². The molecule has 0 aliphatic rings. The van der Waals surface area contributed by atoms with Crippen molar-refractivity contribution in [2.24, 2.45) is 0 Å². The molecule has 0 unspecified atom stereocenters. The van der Waals surface area contributed by atoms with Crippen molar-refractivity contribution in [2.45, 2.75) is 36.9 Å². The van der Waals surface area contributed by atoms with Crippen molar-refractivity contribution in [3.05, 3.63) is 0 Å². The van der Waals surface area contributed by atoms with Gasteiger partial charge in [-0.3, -0.25) is 19.2 Å². The summed E-state index contributed by atoms with van der Waals surface area (Å²) < 4.78 is 0. The number of rotatable bonds is 10. The Morgan fingerprint density at radius 3 is 0.655 bits per heavy atom. The SMILES string of the molecule is O=C(O)CC(O)(CC(=O)O)C(=O)O.O=C(O)CC(O)(CC(=O)O)C(=O)O.[Ca+2].[Ca+2].[Ca+2]. The van der Waals surface area contributed by atoms with Crippen molar-refractivity contribution in [3.63, 3.8) is 0 Å². The topological polar surface area (TPSA) is 264 Å². The van der Waals surface area contributed by atoms with E-state index in [1.807, 2.05) is 0 Å². The molecule has 8 N–H and O–H groups in total. The maximum absolute atomic E-state index is 10.3. The summed E-state index contributed by atoms with van der Waals surface area (Å²) >= 11 is 0. The third kappa shape index (κ3) is 19.0. The molecular formula is C12H16Ca3O14+6. The molecule has 0 bridgehead atoms. The van der Waals surface area contributed by atoms with E-state index >= 15 is 0 Å². The van der Waals surface area contributed by atoms with E-state index < -0.39 is 72.7 Å². The molecule has 29 heavy (non-hydrogen) atoms. The molecule has 14 nitrogen and oxygen atoms in total.